The van der Waals surface area contributed by atoms with E-state index in [1.54, 1.807) is 4.90 Å². The molecular formula is C20H36Cl2N2O2. The highest BCUT2D eigenvalue weighted by atomic mass is 35.5. The van der Waals surface area contributed by atoms with Gasteiger partial charge in [0.15, 0.2) is 6.04 Å². The van der Waals surface area contributed by atoms with E-state index < -0.39 is 0 Å². The van der Waals surface area contributed by atoms with Crippen molar-refractivity contribution in [1.29, 1.82) is 0 Å². The van der Waals surface area contributed by atoms with Gasteiger partial charge in [-0.1, -0.05) is 44.2 Å². The smallest absolute Gasteiger partial charge is 0.365 e. The highest BCUT2D eigenvalue weighted by Gasteiger charge is 2.24. The zero-order chi connectivity index (χ0) is 17.8. The van der Waals surface area contributed by atoms with Crippen LogP contribution < -0.4 is 35.0 Å². The van der Waals surface area contributed by atoms with Gasteiger partial charge in [0.25, 0.3) is 0 Å². The molecule has 6 heteroatoms. The number of halogens is 2. The van der Waals surface area contributed by atoms with Crippen molar-refractivity contribution in [2.24, 2.45) is 5.92 Å². The normalized spacial score (nSPS) is 11.6. The number of esters is 1. The maximum absolute atomic E-state index is 12.5. The van der Waals surface area contributed by atoms with Gasteiger partial charge in [-0.05, 0) is 31.7 Å². The third-order valence-electron chi connectivity index (χ3n) is 4.49. The van der Waals surface area contributed by atoms with Crippen molar-refractivity contribution in [1.82, 2.24) is 0 Å². The van der Waals surface area contributed by atoms with E-state index in [4.69, 9.17) is 4.74 Å². The molecule has 0 bridgehead atoms. The van der Waals surface area contributed by atoms with Gasteiger partial charge >= 0.3 is 5.97 Å². The zero-order valence-corrected chi connectivity index (χ0v) is 18.2. The molecule has 1 rings (SSSR count). The fourth-order valence-corrected chi connectivity index (χ4v) is 2.73. The molecular weight excluding hydrogens is 371 g/mol. The number of nitrogens with two attached hydrogens (primary N) is 1. The minimum Gasteiger partial charge on any atom is -1.00 e. The minimum absolute atomic E-state index is 0. The number of ether oxygens (including phenoxy) is 1. The summed E-state index contributed by atoms with van der Waals surface area (Å²) in [5.74, 6) is 0.481. The van der Waals surface area contributed by atoms with Crippen LogP contribution in [0.15, 0.2) is 30.3 Å². The lowest BCUT2D eigenvalue weighted by Gasteiger charge is -2.18. The first-order valence-electron chi connectivity index (χ1n) is 9.44. The summed E-state index contributed by atoms with van der Waals surface area (Å²) in [7, 11) is 0. The fraction of sp³-hybridized carbons (Fsp3) is 0.650. The molecule has 0 saturated heterocycles. The number of quaternary nitrogens is 2. The summed E-state index contributed by atoms with van der Waals surface area (Å²) in [5, 5.41) is 2.16. The quantitative estimate of drug-likeness (QED) is 0.340. The summed E-state index contributed by atoms with van der Waals surface area (Å²) >= 11 is 0. The number of likely N-dealkylation sites (N-methyl/N-ethyl adjacent to an activating group) is 1. The SMILES string of the molecule is CC[NH+](CC)CC[NH2+]C(Cc1ccccc1)C(=O)OCCC(C)C.[Cl-].[Cl-]. The van der Waals surface area contributed by atoms with E-state index in [-0.39, 0.29) is 36.8 Å². The molecule has 0 aliphatic carbocycles. The first-order chi connectivity index (χ1) is 11.6. The Balaban J connectivity index is 0. The Morgan fingerprint density at radius 3 is 2.27 bits per heavy atom. The molecule has 0 spiro atoms. The topological polar surface area (TPSA) is 47.4 Å². The third kappa shape index (κ3) is 11.7. The van der Waals surface area contributed by atoms with Crippen molar-refractivity contribution < 1.29 is 44.6 Å². The summed E-state index contributed by atoms with van der Waals surface area (Å²) in [6.07, 6.45) is 1.66. The van der Waals surface area contributed by atoms with Crippen molar-refractivity contribution in [2.75, 3.05) is 32.8 Å². The number of hydrogen-bond donors (Lipinski definition) is 2. The summed E-state index contributed by atoms with van der Waals surface area (Å²) in [6, 6.07) is 10.1. The summed E-state index contributed by atoms with van der Waals surface area (Å²) in [6.45, 7) is 13.5. The van der Waals surface area contributed by atoms with E-state index in [9.17, 15) is 4.79 Å². The van der Waals surface area contributed by atoms with Gasteiger partial charge in [0, 0.05) is 6.42 Å². The van der Waals surface area contributed by atoms with E-state index in [2.05, 4.69) is 45.1 Å². The lowest BCUT2D eigenvalue weighted by molar-refractivity contribution is -0.910. The second kappa shape index (κ2) is 16.4. The van der Waals surface area contributed by atoms with Crippen molar-refractivity contribution in [2.45, 2.75) is 46.6 Å². The van der Waals surface area contributed by atoms with Crippen molar-refractivity contribution in [3.05, 3.63) is 35.9 Å². The molecule has 0 amide bonds. The van der Waals surface area contributed by atoms with E-state index in [1.807, 2.05) is 18.2 Å². The van der Waals surface area contributed by atoms with Gasteiger partial charge in [0.1, 0.15) is 13.1 Å². The summed E-state index contributed by atoms with van der Waals surface area (Å²) in [5.41, 5.74) is 1.19. The Labute approximate surface area is 171 Å². The van der Waals surface area contributed by atoms with Crippen LogP contribution in [0.2, 0.25) is 0 Å². The molecule has 0 saturated carbocycles. The first-order valence-corrected chi connectivity index (χ1v) is 9.44. The Morgan fingerprint density at radius 1 is 1.12 bits per heavy atom. The summed E-state index contributed by atoms with van der Waals surface area (Å²) in [4.78, 5) is 14.1. The van der Waals surface area contributed by atoms with E-state index in [1.165, 1.54) is 5.56 Å². The van der Waals surface area contributed by atoms with Crippen LogP contribution in [0.3, 0.4) is 0 Å². The Morgan fingerprint density at radius 2 is 1.73 bits per heavy atom. The van der Waals surface area contributed by atoms with E-state index in [0.717, 1.165) is 39.0 Å². The second-order valence-electron chi connectivity index (χ2n) is 6.88. The molecule has 3 N–H and O–H groups in total. The fourth-order valence-electron chi connectivity index (χ4n) is 2.73. The number of carbonyl (C=O) groups is 1. The molecule has 0 aliphatic heterocycles. The van der Waals surface area contributed by atoms with Crippen LogP contribution in [0, 0.1) is 5.92 Å². The van der Waals surface area contributed by atoms with Crippen LogP contribution in [0.25, 0.3) is 0 Å². The average Bonchev–Trinajstić information content (AvgIpc) is 2.58. The molecule has 0 radical (unpaired) electrons. The minimum atomic E-state index is -0.144. The van der Waals surface area contributed by atoms with Crippen LogP contribution in [0.5, 0.6) is 0 Å². The van der Waals surface area contributed by atoms with Crippen molar-refractivity contribution >= 4 is 5.97 Å². The number of carbonyl (C=O) groups excluding carboxylic acids is 1. The van der Waals surface area contributed by atoms with Crippen LogP contribution in [-0.2, 0) is 16.0 Å². The largest absolute Gasteiger partial charge is 1.00 e. The van der Waals surface area contributed by atoms with Crippen LogP contribution >= 0.6 is 0 Å². The van der Waals surface area contributed by atoms with Crippen molar-refractivity contribution in [3.63, 3.8) is 0 Å². The molecule has 1 unspecified atom stereocenters. The maximum Gasteiger partial charge on any atom is 0.365 e. The van der Waals surface area contributed by atoms with Gasteiger partial charge in [0.2, 0.25) is 0 Å². The van der Waals surface area contributed by atoms with Gasteiger partial charge < -0.3 is 39.8 Å². The Hall–Kier alpha value is -0.810. The molecule has 152 valence electrons. The van der Waals surface area contributed by atoms with Crippen molar-refractivity contribution in [3.8, 4) is 0 Å². The molecule has 0 aliphatic rings. The average molecular weight is 407 g/mol. The number of hydrogen-bond acceptors (Lipinski definition) is 2. The van der Waals surface area contributed by atoms with Gasteiger partial charge in [-0.2, -0.15) is 0 Å². The highest BCUT2D eigenvalue weighted by molar-refractivity contribution is 5.74. The highest BCUT2D eigenvalue weighted by Crippen LogP contribution is 2.04. The lowest BCUT2D eigenvalue weighted by atomic mass is 10.1. The van der Waals surface area contributed by atoms with E-state index in [0.29, 0.717) is 12.5 Å². The predicted molar refractivity (Wildman–Crippen MR) is 98.1 cm³/mol. The van der Waals surface area contributed by atoms with Crippen LogP contribution in [-0.4, -0.2) is 44.8 Å². The Kier molecular flexibility index (Phi) is 17.3. The zero-order valence-electron chi connectivity index (χ0n) is 16.6. The number of nitrogens with one attached hydrogen (secondary N) is 1. The third-order valence-corrected chi connectivity index (χ3v) is 4.49. The molecule has 0 heterocycles. The van der Waals surface area contributed by atoms with Crippen LogP contribution in [0.4, 0.5) is 0 Å². The standard InChI is InChI=1S/C20H34N2O2.2ClH/c1-5-22(6-2)14-13-21-19(16-18-10-8-7-9-11-18)20(23)24-15-12-17(3)4;;/h7-11,17,19,21H,5-6,12-16H2,1-4H3;2*1H. The van der Waals surface area contributed by atoms with Gasteiger partial charge in [-0.25, -0.2) is 4.79 Å². The van der Waals surface area contributed by atoms with Gasteiger partial charge in [0.05, 0.1) is 19.7 Å². The number of benzene rings is 1. The molecule has 1 aromatic rings. The molecule has 4 nitrogen and oxygen atoms in total. The summed E-state index contributed by atoms with van der Waals surface area (Å²) < 4.78 is 5.52. The van der Waals surface area contributed by atoms with Gasteiger partial charge in [-0.15, -0.1) is 0 Å². The Bertz CT molecular complexity index is 454. The number of rotatable bonds is 12. The maximum atomic E-state index is 12.5. The van der Waals surface area contributed by atoms with E-state index >= 15 is 0 Å². The molecule has 1 aromatic carbocycles. The molecule has 26 heavy (non-hydrogen) atoms. The molecule has 0 aromatic heterocycles. The lowest BCUT2D eigenvalue weighted by Crippen LogP contribution is -3.14. The van der Waals surface area contributed by atoms with Gasteiger partial charge in [-0.3, -0.25) is 0 Å². The van der Waals surface area contributed by atoms with Crippen LogP contribution in [0.1, 0.15) is 39.7 Å². The predicted octanol–water partition coefficient (Wildman–Crippen LogP) is -5.32. The monoisotopic (exact) mass is 406 g/mol. The molecule has 1 atom stereocenters. The molecule has 0 fully saturated rings. The second-order valence-corrected chi connectivity index (χ2v) is 6.88. The first kappa shape index (κ1) is 27.4.